The zero-order valence-corrected chi connectivity index (χ0v) is 13.1. The summed E-state index contributed by atoms with van der Waals surface area (Å²) in [5.41, 5.74) is 0.307. The maximum Gasteiger partial charge on any atom is 0.417 e. The SMILES string of the molecule is CC[C@@]12c3ccccc3N(C(=O)OC)[C@@H]1OC(=O)[C@H]2C(=O)OC. The summed E-state index contributed by atoms with van der Waals surface area (Å²) in [5.74, 6) is -2.47. The summed E-state index contributed by atoms with van der Waals surface area (Å²) < 4.78 is 15.0. The molecule has 7 heteroatoms. The number of carbonyl (C=O) groups excluding carboxylic acids is 3. The van der Waals surface area contributed by atoms with E-state index in [0.29, 0.717) is 17.7 Å². The van der Waals surface area contributed by atoms with Gasteiger partial charge in [0, 0.05) is 0 Å². The minimum atomic E-state index is -1.11. The average Bonchev–Trinajstić information content (AvgIpc) is 3.01. The number of hydrogen-bond acceptors (Lipinski definition) is 6. The lowest BCUT2D eigenvalue weighted by molar-refractivity contribution is -0.155. The molecule has 2 aliphatic rings. The molecule has 7 nitrogen and oxygen atoms in total. The lowest BCUT2D eigenvalue weighted by Crippen LogP contribution is -2.48. The molecule has 1 aromatic carbocycles. The summed E-state index contributed by atoms with van der Waals surface area (Å²) in [6, 6.07) is 7.11. The van der Waals surface area contributed by atoms with Gasteiger partial charge in [0.2, 0.25) is 0 Å². The van der Waals surface area contributed by atoms with Gasteiger partial charge in [0.15, 0.2) is 12.1 Å². The van der Waals surface area contributed by atoms with E-state index in [4.69, 9.17) is 14.2 Å². The molecule has 1 amide bonds. The van der Waals surface area contributed by atoms with E-state index in [2.05, 4.69) is 0 Å². The van der Waals surface area contributed by atoms with Crippen molar-refractivity contribution in [2.75, 3.05) is 19.1 Å². The summed E-state index contributed by atoms with van der Waals surface area (Å²) >= 11 is 0. The van der Waals surface area contributed by atoms with Crippen LogP contribution in [-0.2, 0) is 29.2 Å². The number of esters is 2. The maximum atomic E-state index is 12.3. The molecular weight excluding hydrogens is 302 g/mol. The lowest BCUT2D eigenvalue weighted by atomic mass is 9.70. The van der Waals surface area contributed by atoms with E-state index in [1.54, 1.807) is 24.3 Å². The quantitative estimate of drug-likeness (QED) is 0.468. The summed E-state index contributed by atoms with van der Waals surface area (Å²) in [4.78, 5) is 38.1. The fraction of sp³-hybridized carbons (Fsp3) is 0.438. The number of para-hydroxylation sites is 1. The fourth-order valence-electron chi connectivity index (χ4n) is 3.70. The van der Waals surface area contributed by atoms with Gasteiger partial charge in [-0.1, -0.05) is 25.1 Å². The van der Waals surface area contributed by atoms with E-state index < -0.39 is 35.6 Å². The van der Waals surface area contributed by atoms with Crippen LogP contribution in [0.25, 0.3) is 0 Å². The molecule has 2 aliphatic heterocycles. The number of carbonyl (C=O) groups is 3. The Kier molecular flexibility index (Phi) is 3.50. The van der Waals surface area contributed by atoms with Gasteiger partial charge in [-0.15, -0.1) is 0 Å². The monoisotopic (exact) mass is 319 g/mol. The first-order valence-corrected chi connectivity index (χ1v) is 7.28. The largest absolute Gasteiger partial charge is 0.468 e. The summed E-state index contributed by atoms with van der Waals surface area (Å²) in [5, 5.41) is 0. The van der Waals surface area contributed by atoms with Gasteiger partial charge in [0.1, 0.15) is 0 Å². The van der Waals surface area contributed by atoms with E-state index >= 15 is 0 Å². The van der Waals surface area contributed by atoms with E-state index in [0.717, 1.165) is 0 Å². The highest BCUT2D eigenvalue weighted by Crippen LogP contribution is 2.56. The molecule has 0 aliphatic carbocycles. The first-order chi connectivity index (χ1) is 11.0. The second-order valence-corrected chi connectivity index (χ2v) is 5.50. The Balaban J connectivity index is 2.25. The standard InChI is InChI=1S/C16H17NO6/c1-4-16-9-7-5-6-8-10(9)17(15(20)22-3)14(16)23-13(19)11(16)12(18)21-2/h5-8,11,14H,4H2,1-3H3/t11-,14-,16+/m1/s1. The molecule has 0 N–H and O–H groups in total. The van der Waals surface area contributed by atoms with Crippen LogP contribution in [0.3, 0.4) is 0 Å². The molecule has 1 fully saturated rings. The van der Waals surface area contributed by atoms with Crippen LogP contribution in [-0.4, -0.2) is 38.5 Å². The molecule has 0 spiro atoms. The van der Waals surface area contributed by atoms with Crippen LogP contribution in [0.1, 0.15) is 18.9 Å². The molecule has 0 radical (unpaired) electrons. The molecule has 3 atom stereocenters. The first-order valence-electron chi connectivity index (χ1n) is 7.28. The zero-order valence-electron chi connectivity index (χ0n) is 13.1. The topological polar surface area (TPSA) is 82.1 Å². The maximum absolute atomic E-state index is 12.3. The highest BCUT2D eigenvalue weighted by molar-refractivity contribution is 6.03. The number of ether oxygens (including phenoxy) is 3. The fourth-order valence-corrected chi connectivity index (χ4v) is 3.70. The van der Waals surface area contributed by atoms with Crippen LogP contribution in [0, 0.1) is 5.92 Å². The predicted octanol–water partition coefficient (Wildman–Crippen LogP) is 1.59. The molecule has 122 valence electrons. The van der Waals surface area contributed by atoms with Gasteiger partial charge in [-0.2, -0.15) is 0 Å². The van der Waals surface area contributed by atoms with E-state index in [1.807, 2.05) is 6.92 Å². The van der Waals surface area contributed by atoms with Crippen molar-refractivity contribution in [1.29, 1.82) is 0 Å². The predicted molar refractivity (Wildman–Crippen MR) is 78.7 cm³/mol. The second kappa shape index (κ2) is 5.26. The average molecular weight is 319 g/mol. The van der Waals surface area contributed by atoms with Crippen LogP contribution < -0.4 is 4.90 Å². The van der Waals surface area contributed by atoms with Gasteiger partial charge in [0.25, 0.3) is 0 Å². The van der Waals surface area contributed by atoms with Crippen molar-refractivity contribution in [3.63, 3.8) is 0 Å². The number of nitrogens with zero attached hydrogens (tertiary/aromatic N) is 1. The first kappa shape index (κ1) is 15.3. The molecular formula is C16H17NO6. The van der Waals surface area contributed by atoms with Gasteiger partial charge in [-0.3, -0.25) is 9.59 Å². The highest BCUT2D eigenvalue weighted by atomic mass is 16.6. The molecule has 1 aromatic rings. The molecule has 0 saturated carbocycles. The summed E-state index contributed by atoms with van der Waals surface area (Å²) in [7, 11) is 2.48. The second-order valence-electron chi connectivity index (χ2n) is 5.50. The minimum absolute atomic E-state index is 0.424. The molecule has 2 heterocycles. The van der Waals surface area contributed by atoms with Crippen molar-refractivity contribution in [3.8, 4) is 0 Å². The van der Waals surface area contributed by atoms with Crippen molar-refractivity contribution >= 4 is 23.7 Å². The summed E-state index contributed by atoms with van der Waals surface area (Å²) in [6.07, 6.45) is -1.14. The van der Waals surface area contributed by atoms with E-state index in [1.165, 1.54) is 19.1 Å². The Labute approximate surface area is 133 Å². The van der Waals surface area contributed by atoms with E-state index in [-0.39, 0.29) is 0 Å². The number of anilines is 1. The van der Waals surface area contributed by atoms with Crippen molar-refractivity contribution in [3.05, 3.63) is 29.8 Å². The number of methoxy groups -OCH3 is 2. The molecule has 0 bridgehead atoms. The van der Waals surface area contributed by atoms with Gasteiger partial charge >= 0.3 is 18.0 Å². The third-order valence-electron chi connectivity index (χ3n) is 4.71. The smallest absolute Gasteiger partial charge is 0.417 e. The molecule has 0 aromatic heterocycles. The third-order valence-corrected chi connectivity index (χ3v) is 4.71. The molecule has 23 heavy (non-hydrogen) atoms. The Bertz CT molecular complexity index is 687. The van der Waals surface area contributed by atoms with E-state index in [9.17, 15) is 14.4 Å². The normalized spacial score (nSPS) is 28.0. The minimum Gasteiger partial charge on any atom is -0.468 e. The number of amides is 1. The van der Waals surface area contributed by atoms with Gasteiger partial charge in [-0.25, -0.2) is 9.69 Å². The number of benzene rings is 1. The Morgan fingerprint density at radius 1 is 1.26 bits per heavy atom. The number of hydrogen-bond donors (Lipinski definition) is 0. The number of rotatable bonds is 2. The Morgan fingerprint density at radius 3 is 2.57 bits per heavy atom. The Hall–Kier alpha value is -2.57. The van der Waals surface area contributed by atoms with Crippen LogP contribution in [0.4, 0.5) is 10.5 Å². The third kappa shape index (κ3) is 1.79. The van der Waals surface area contributed by atoms with Crippen LogP contribution in [0.2, 0.25) is 0 Å². The van der Waals surface area contributed by atoms with Crippen molar-refractivity contribution in [1.82, 2.24) is 0 Å². The van der Waals surface area contributed by atoms with Crippen LogP contribution >= 0.6 is 0 Å². The van der Waals surface area contributed by atoms with Gasteiger partial charge in [-0.05, 0) is 18.1 Å². The van der Waals surface area contributed by atoms with Crippen molar-refractivity contribution in [2.45, 2.75) is 25.0 Å². The lowest BCUT2D eigenvalue weighted by Gasteiger charge is -2.30. The number of fused-ring (bicyclic) bond motifs is 3. The molecule has 3 rings (SSSR count). The van der Waals surface area contributed by atoms with Gasteiger partial charge < -0.3 is 14.2 Å². The molecule has 1 saturated heterocycles. The Morgan fingerprint density at radius 2 is 1.96 bits per heavy atom. The summed E-state index contributed by atoms with van der Waals surface area (Å²) in [6.45, 7) is 1.85. The van der Waals surface area contributed by atoms with Crippen molar-refractivity contribution in [2.24, 2.45) is 5.92 Å². The van der Waals surface area contributed by atoms with Crippen LogP contribution in [0.5, 0.6) is 0 Å². The molecule has 0 unspecified atom stereocenters. The van der Waals surface area contributed by atoms with Gasteiger partial charge in [0.05, 0.1) is 25.3 Å². The van der Waals surface area contributed by atoms with Crippen LogP contribution in [0.15, 0.2) is 24.3 Å². The van der Waals surface area contributed by atoms with Crippen molar-refractivity contribution < 1.29 is 28.6 Å². The zero-order chi connectivity index (χ0) is 16.8. The highest BCUT2D eigenvalue weighted by Gasteiger charge is 2.68.